The minimum Gasteiger partial charge on any atom is -0.508 e. The number of benzene rings is 3. The second kappa shape index (κ2) is 25.1. The van der Waals surface area contributed by atoms with Crippen molar-refractivity contribution in [1.82, 2.24) is 45.7 Å². The number of halogens is 3. The predicted molar refractivity (Wildman–Crippen MR) is 320 cm³/mol. The van der Waals surface area contributed by atoms with Crippen molar-refractivity contribution in [3.63, 3.8) is 0 Å². The third-order valence-electron chi connectivity index (χ3n) is 17.4. The molecule has 11 rings (SSSR count). The molecular formula is C64H75F3N10O7S. The van der Waals surface area contributed by atoms with Crippen molar-refractivity contribution >= 4 is 56.6 Å². The Morgan fingerprint density at radius 1 is 0.941 bits per heavy atom. The highest BCUT2D eigenvalue weighted by atomic mass is 32.1. The first-order valence-electron chi connectivity index (χ1n) is 29.9. The number of aliphatic hydroxyl groups is 1. The lowest BCUT2D eigenvalue weighted by Crippen LogP contribution is -2.59. The lowest BCUT2D eigenvalue weighted by Gasteiger charge is -2.35. The third-order valence-corrected chi connectivity index (χ3v) is 18.2. The van der Waals surface area contributed by atoms with Gasteiger partial charge in [0, 0.05) is 90.9 Å². The molecule has 4 saturated heterocycles. The highest BCUT2D eigenvalue weighted by molar-refractivity contribution is 7.10. The van der Waals surface area contributed by atoms with Crippen LogP contribution in [0.4, 0.5) is 19.0 Å². The summed E-state index contributed by atoms with van der Waals surface area (Å²) >= 11 is 1.55. The molecule has 21 heteroatoms. The summed E-state index contributed by atoms with van der Waals surface area (Å²) in [4.78, 5) is 66.4. The van der Waals surface area contributed by atoms with E-state index >= 15 is 8.78 Å². The van der Waals surface area contributed by atoms with Crippen molar-refractivity contribution < 1.29 is 47.2 Å². The maximum atomic E-state index is 17.1. The maximum Gasteiger partial charge on any atom is 0.319 e. The molecule has 1 aliphatic carbocycles. The molecule has 5 fully saturated rings. The standard InChI is InChI=1S/C64H75F3N10O7S/c1-6-46-49(65)18-15-38-27-43(78)29-47(52(38)46)55-53(66)56-48(32-68-55)58(76-33-41-16-17-42(34-76)71-41)74-62(72-56)84-45-19-24-75(25-20-45)23-11-9-7-8-10-12-26-83-51-28-39(54-37(2)85-36-70-54)13-14-40(51)31-69-59(80)50-30-44(79)35-77(50)60(81)57(63(3,4)5)73-61(82)64(67)21-22-64/h1,13-15,18,27-29,32,36,41-42,44-45,50,57,71,78-79H,7-12,16-17,19-26,30-31,33-35H2,2-5H3,(H,69,80)(H,73,82)/t41?,42?,44-,50?,57?/m1/s1. The van der Waals surface area contributed by atoms with E-state index in [1.54, 1.807) is 43.8 Å². The van der Waals surface area contributed by atoms with Crippen LogP contribution in [0.25, 0.3) is 44.2 Å². The first-order valence-corrected chi connectivity index (χ1v) is 30.8. The molecule has 5 aliphatic rings. The summed E-state index contributed by atoms with van der Waals surface area (Å²) in [7, 11) is 0. The fraction of sp³-hybridized carbons (Fsp3) is 0.516. The smallest absolute Gasteiger partial charge is 0.319 e. The van der Waals surface area contributed by atoms with Crippen molar-refractivity contribution in [2.45, 2.75) is 160 Å². The summed E-state index contributed by atoms with van der Waals surface area (Å²) in [5, 5.41) is 31.8. The van der Waals surface area contributed by atoms with Gasteiger partial charge in [-0.15, -0.1) is 17.8 Å². The molecule has 3 aromatic heterocycles. The van der Waals surface area contributed by atoms with Crippen molar-refractivity contribution in [1.29, 1.82) is 0 Å². The quantitative estimate of drug-likeness (QED) is 0.0337. The normalized spacial score (nSPS) is 20.8. The maximum absolute atomic E-state index is 17.1. The number of nitrogens with zero attached hydrogens (tertiary/aromatic N) is 7. The minimum absolute atomic E-state index is 0.0211. The number of phenolic OH excluding ortho intramolecular Hbond substituents is 1. The van der Waals surface area contributed by atoms with Gasteiger partial charge in [0.2, 0.25) is 11.8 Å². The Labute approximate surface area is 497 Å². The average molecular weight is 1190 g/mol. The monoisotopic (exact) mass is 1180 g/mol. The number of aryl methyl sites for hydroxylation is 1. The van der Waals surface area contributed by atoms with E-state index in [2.05, 4.69) is 41.6 Å². The molecule has 450 valence electrons. The van der Waals surface area contributed by atoms with Crippen molar-refractivity contribution in [2.75, 3.05) is 50.8 Å². The van der Waals surface area contributed by atoms with Crippen molar-refractivity contribution in [3.8, 4) is 52.4 Å². The lowest BCUT2D eigenvalue weighted by atomic mass is 9.85. The number of aliphatic hydroxyl groups excluding tert-OH is 1. The van der Waals surface area contributed by atoms with Crippen LogP contribution < -0.4 is 30.3 Å². The number of aromatic nitrogens is 4. The summed E-state index contributed by atoms with van der Waals surface area (Å²) in [5.74, 6) is 0.216. The topological polar surface area (TPSA) is 208 Å². The molecule has 3 aromatic carbocycles. The van der Waals surface area contributed by atoms with Crippen LogP contribution >= 0.6 is 11.3 Å². The van der Waals surface area contributed by atoms with Gasteiger partial charge in [0.05, 0.1) is 34.9 Å². The summed E-state index contributed by atoms with van der Waals surface area (Å²) in [6.07, 6.45) is 16.1. The van der Waals surface area contributed by atoms with E-state index in [-0.39, 0.29) is 90.0 Å². The van der Waals surface area contributed by atoms with Crippen LogP contribution in [0.1, 0.15) is 120 Å². The number of thiazole rings is 1. The fourth-order valence-corrected chi connectivity index (χ4v) is 13.1. The minimum atomic E-state index is -1.98. The van der Waals surface area contributed by atoms with Gasteiger partial charge < -0.3 is 50.3 Å². The number of terminal acetylenes is 1. The number of nitrogens with one attached hydrogen (secondary N) is 3. The van der Waals surface area contributed by atoms with E-state index in [0.717, 1.165) is 106 Å². The number of β-amino-alcohol motifs (C(OH)–C–C–N with tert-alkyl or cyclic N) is 1. The van der Waals surface area contributed by atoms with Crippen molar-refractivity contribution in [3.05, 3.63) is 81.8 Å². The fourth-order valence-electron chi connectivity index (χ4n) is 12.5. The third kappa shape index (κ3) is 13.2. The Balaban J connectivity index is 0.660. The van der Waals surface area contributed by atoms with Gasteiger partial charge >= 0.3 is 6.01 Å². The number of carbonyl (C=O) groups is 3. The van der Waals surface area contributed by atoms with Crippen LogP contribution in [0.3, 0.4) is 0 Å². The number of likely N-dealkylation sites (tertiary alicyclic amines) is 2. The number of hydrogen-bond donors (Lipinski definition) is 5. The van der Waals surface area contributed by atoms with E-state index in [4.69, 9.17) is 25.9 Å². The van der Waals surface area contributed by atoms with Gasteiger partial charge in [-0.1, -0.05) is 70.6 Å². The largest absolute Gasteiger partial charge is 0.508 e. The number of piperazine rings is 1. The van der Waals surface area contributed by atoms with E-state index < -0.39 is 58.6 Å². The zero-order chi connectivity index (χ0) is 59.7. The van der Waals surface area contributed by atoms with Crippen molar-refractivity contribution in [2.24, 2.45) is 5.41 Å². The van der Waals surface area contributed by atoms with Gasteiger partial charge in [0.1, 0.15) is 52.5 Å². The number of carbonyl (C=O) groups excluding carboxylic acids is 3. The van der Waals surface area contributed by atoms with Gasteiger partial charge in [-0.25, -0.2) is 18.2 Å². The second-order valence-corrected chi connectivity index (χ2v) is 25.8. The second-order valence-electron chi connectivity index (χ2n) is 24.8. The van der Waals surface area contributed by atoms with Crippen LogP contribution in [0, 0.1) is 36.3 Å². The molecular weight excluding hydrogens is 1110 g/mol. The van der Waals surface area contributed by atoms with E-state index in [9.17, 15) is 29.0 Å². The highest BCUT2D eigenvalue weighted by Gasteiger charge is 2.53. The van der Waals surface area contributed by atoms with Crippen LogP contribution in [0.5, 0.6) is 17.5 Å². The summed E-state index contributed by atoms with van der Waals surface area (Å²) in [5.41, 5.74) is 1.52. The molecule has 3 amide bonds. The first-order chi connectivity index (χ1) is 40.8. The molecule has 4 unspecified atom stereocenters. The SMILES string of the molecule is C#Cc1c(F)ccc2cc(O)cc(-c3ncc4c(N5CC6CCC(C5)N6)nc(OC5CCN(CCCCCCCCOc6cc(-c7ncsc7C)ccc6CNC(=O)C6C[C@@H](O)CN6C(=O)C(NC(=O)C6(F)CC6)C(C)(C)C)CC5)nc4c3F)c12. The number of piperidine rings is 1. The zero-order valence-corrected chi connectivity index (χ0v) is 49.5. The zero-order valence-electron chi connectivity index (χ0n) is 48.7. The molecule has 7 heterocycles. The van der Waals surface area contributed by atoms with E-state index in [0.29, 0.717) is 42.0 Å². The number of fused-ring (bicyclic) bond motifs is 4. The van der Waals surface area contributed by atoms with Gasteiger partial charge in [-0.2, -0.15) is 9.97 Å². The summed E-state index contributed by atoms with van der Waals surface area (Å²) < 4.78 is 59.9. The van der Waals surface area contributed by atoms with Crippen LogP contribution in [0.15, 0.2) is 54.2 Å². The Kier molecular flexibility index (Phi) is 17.6. The van der Waals surface area contributed by atoms with Gasteiger partial charge in [-0.05, 0) is 99.9 Å². The summed E-state index contributed by atoms with van der Waals surface area (Å²) in [6.45, 7) is 11.8. The number of aromatic hydroxyl groups is 1. The number of unbranched alkanes of at least 4 members (excludes halogenated alkanes) is 5. The molecule has 1 saturated carbocycles. The Hall–Kier alpha value is -7.12. The molecule has 0 radical (unpaired) electrons. The number of alkyl halides is 1. The number of amides is 3. The number of phenols is 1. The Bertz CT molecular complexity index is 3510. The number of hydrogen-bond acceptors (Lipinski definition) is 15. The van der Waals surface area contributed by atoms with E-state index in [1.807, 2.05) is 25.1 Å². The number of rotatable bonds is 21. The molecule has 85 heavy (non-hydrogen) atoms. The molecule has 6 aromatic rings. The van der Waals surface area contributed by atoms with Gasteiger partial charge in [0.25, 0.3) is 5.91 Å². The van der Waals surface area contributed by atoms with Gasteiger partial charge in [-0.3, -0.25) is 19.4 Å². The van der Waals surface area contributed by atoms with Crippen LogP contribution in [-0.4, -0.2) is 146 Å². The van der Waals surface area contributed by atoms with E-state index in [1.165, 1.54) is 29.2 Å². The van der Waals surface area contributed by atoms with Gasteiger partial charge in [0.15, 0.2) is 11.5 Å². The van der Waals surface area contributed by atoms with Crippen LogP contribution in [-0.2, 0) is 20.9 Å². The molecule has 5 N–H and O–H groups in total. The lowest BCUT2D eigenvalue weighted by molar-refractivity contribution is -0.145. The Morgan fingerprint density at radius 2 is 1.68 bits per heavy atom. The molecule has 5 atom stereocenters. The first kappa shape index (κ1) is 59.6. The number of pyridine rings is 1. The highest BCUT2D eigenvalue weighted by Crippen LogP contribution is 2.42. The number of anilines is 1. The van der Waals surface area contributed by atoms with Crippen LogP contribution in [0.2, 0.25) is 0 Å². The molecule has 0 spiro atoms. The molecule has 17 nitrogen and oxygen atoms in total. The molecule has 2 bridgehead atoms. The average Bonchev–Trinajstić information content (AvgIpc) is 2.80. The Morgan fingerprint density at radius 3 is 2.39 bits per heavy atom. The number of ether oxygens (including phenoxy) is 2. The molecule has 4 aliphatic heterocycles. The predicted octanol–water partition coefficient (Wildman–Crippen LogP) is 9.06. The summed E-state index contributed by atoms with van der Waals surface area (Å²) in [6, 6.07) is 9.88.